The molecule has 122 valence electrons. The highest BCUT2D eigenvalue weighted by atomic mass is 16.7. The van der Waals surface area contributed by atoms with Gasteiger partial charge in [-0.15, -0.1) is 0 Å². The van der Waals surface area contributed by atoms with E-state index in [1.807, 2.05) is 0 Å². The molecule has 0 spiro atoms. The van der Waals surface area contributed by atoms with Gasteiger partial charge in [-0.05, 0) is 17.7 Å². The summed E-state index contributed by atoms with van der Waals surface area (Å²) >= 11 is 0. The summed E-state index contributed by atoms with van der Waals surface area (Å²) < 4.78 is 10.5. The van der Waals surface area contributed by atoms with Crippen LogP contribution in [0.2, 0.25) is 0 Å². The third kappa shape index (κ3) is 3.58. The molecule has 1 saturated heterocycles. The van der Waals surface area contributed by atoms with E-state index in [-0.39, 0.29) is 12.3 Å². The van der Waals surface area contributed by atoms with Crippen molar-refractivity contribution in [2.45, 2.75) is 37.3 Å². The lowest BCUT2D eigenvalue weighted by Gasteiger charge is -2.39. The highest BCUT2D eigenvalue weighted by molar-refractivity contribution is 5.32. The Labute approximate surface area is 125 Å². The van der Waals surface area contributed by atoms with Crippen LogP contribution in [0.3, 0.4) is 0 Å². The summed E-state index contributed by atoms with van der Waals surface area (Å²) in [6.07, 6.45) is -6.70. The van der Waals surface area contributed by atoms with E-state index >= 15 is 0 Å². The highest BCUT2D eigenvalue weighted by Gasteiger charge is 2.43. The maximum Gasteiger partial charge on any atom is 0.269 e. The summed E-state index contributed by atoms with van der Waals surface area (Å²) in [6.45, 7) is -0.566. The largest absolute Gasteiger partial charge is 0.394 e. The first-order chi connectivity index (χ1) is 10.4. The smallest absolute Gasteiger partial charge is 0.269 e. The van der Waals surface area contributed by atoms with E-state index in [9.17, 15) is 25.4 Å². The first-order valence-electron chi connectivity index (χ1n) is 6.59. The number of nitrogens with zero attached hydrogens (tertiary/aromatic N) is 1. The Hall–Kier alpha value is -1.62. The van der Waals surface area contributed by atoms with E-state index < -0.39 is 42.2 Å². The van der Waals surface area contributed by atoms with E-state index in [0.29, 0.717) is 5.56 Å². The van der Waals surface area contributed by atoms with Gasteiger partial charge in [-0.1, -0.05) is 0 Å². The standard InChI is InChI=1S/C13H17NO8/c15-5-9-10(16)11(17)12(18)13(22-9)21-6-7-1-3-8(4-2-7)14(19)20/h1-4,9-13,15-18H,5-6H2/t9-,10-,11+,12+,13+/m1/s1. The van der Waals surface area contributed by atoms with Crippen molar-refractivity contribution in [2.24, 2.45) is 0 Å². The predicted molar refractivity (Wildman–Crippen MR) is 71.7 cm³/mol. The van der Waals surface area contributed by atoms with E-state index in [1.54, 1.807) is 0 Å². The van der Waals surface area contributed by atoms with Gasteiger partial charge in [0.25, 0.3) is 5.69 Å². The molecular formula is C13H17NO8. The summed E-state index contributed by atoms with van der Waals surface area (Å²) in [5.74, 6) is 0. The van der Waals surface area contributed by atoms with E-state index in [4.69, 9.17) is 14.6 Å². The van der Waals surface area contributed by atoms with Crippen LogP contribution in [0.1, 0.15) is 5.56 Å². The molecule has 0 radical (unpaired) electrons. The summed E-state index contributed by atoms with van der Waals surface area (Å²) in [7, 11) is 0. The Morgan fingerprint density at radius 3 is 2.32 bits per heavy atom. The molecule has 0 saturated carbocycles. The molecule has 1 aliphatic rings. The summed E-state index contributed by atoms with van der Waals surface area (Å²) in [5, 5.41) is 48.6. The molecule has 0 amide bonds. The van der Waals surface area contributed by atoms with Gasteiger partial charge in [-0.2, -0.15) is 0 Å². The van der Waals surface area contributed by atoms with Crippen molar-refractivity contribution >= 4 is 5.69 Å². The molecular weight excluding hydrogens is 298 g/mol. The van der Waals surface area contributed by atoms with Crippen LogP contribution in [-0.4, -0.2) is 62.7 Å². The number of rotatable bonds is 5. The lowest BCUT2D eigenvalue weighted by atomic mass is 9.99. The van der Waals surface area contributed by atoms with Crippen molar-refractivity contribution in [1.29, 1.82) is 0 Å². The van der Waals surface area contributed by atoms with Crippen LogP contribution in [0.25, 0.3) is 0 Å². The molecule has 0 bridgehead atoms. The van der Waals surface area contributed by atoms with Gasteiger partial charge in [0.05, 0.1) is 18.1 Å². The van der Waals surface area contributed by atoms with Gasteiger partial charge in [0.1, 0.15) is 24.4 Å². The van der Waals surface area contributed by atoms with Crippen LogP contribution in [0.5, 0.6) is 0 Å². The van der Waals surface area contributed by atoms with Crippen LogP contribution < -0.4 is 0 Å². The Morgan fingerprint density at radius 1 is 1.14 bits per heavy atom. The molecule has 4 N–H and O–H groups in total. The number of ether oxygens (including phenoxy) is 2. The molecule has 1 aromatic rings. The Bertz CT molecular complexity index is 505. The van der Waals surface area contributed by atoms with Gasteiger partial charge in [0, 0.05) is 12.1 Å². The van der Waals surface area contributed by atoms with Crippen molar-refractivity contribution in [3.63, 3.8) is 0 Å². The number of benzene rings is 1. The van der Waals surface area contributed by atoms with Crippen molar-refractivity contribution in [3.05, 3.63) is 39.9 Å². The topological polar surface area (TPSA) is 143 Å². The molecule has 1 heterocycles. The number of hydrogen-bond donors (Lipinski definition) is 4. The third-order valence-corrected chi connectivity index (χ3v) is 3.41. The van der Waals surface area contributed by atoms with Crippen molar-refractivity contribution in [3.8, 4) is 0 Å². The number of nitro groups is 1. The third-order valence-electron chi connectivity index (χ3n) is 3.41. The Kier molecular flexibility index (Phi) is 5.40. The van der Waals surface area contributed by atoms with Crippen LogP contribution in [0.4, 0.5) is 5.69 Å². The van der Waals surface area contributed by atoms with Gasteiger partial charge in [-0.25, -0.2) is 0 Å². The maximum absolute atomic E-state index is 10.5. The van der Waals surface area contributed by atoms with Crippen LogP contribution >= 0.6 is 0 Å². The van der Waals surface area contributed by atoms with Gasteiger partial charge < -0.3 is 29.9 Å². The average Bonchev–Trinajstić information content (AvgIpc) is 2.52. The summed E-state index contributed by atoms with van der Waals surface area (Å²) in [4.78, 5) is 10.0. The summed E-state index contributed by atoms with van der Waals surface area (Å²) in [5.41, 5.74) is 0.541. The van der Waals surface area contributed by atoms with Crippen molar-refractivity contribution in [1.82, 2.24) is 0 Å². The van der Waals surface area contributed by atoms with Crippen molar-refractivity contribution < 1.29 is 34.8 Å². The minimum atomic E-state index is -1.51. The summed E-state index contributed by atoms with van der Waals surface area (Å²) in [6, 6.07) is 5.60. The van der Waals surface area contributed by atoms with E-state index in [1.165, 1.54) is 24.3 Å². The zero-order chi connectivity index (χ0) is 16.3. The molecule has 1 fully saturated rings. The number of aliphatic hydroxyl groups excluding tert-OH is 4. The lowest BCUT2D eigenvalue weighted by Crippen LogP contribution is -2.59. The van der Waals surface area contributed by atoms with Gasteiger partial charge >= 0.3 is 0 Å². The molecule has 1 aromatic carbocycles. The van der Waals surface area contributed by atoms with Crippen LogP contribution in [0.15, 0.2) is 24.3 Å². The number of aliphatic hydroxyl groups is 4. The van der Waals surface area contributed by atoms with E-state index in [0.717, 1.165) is 0 Å². The van der Waals surface area contributed by atoms with Crippen LogP contribution in [0, 0.1) is 10.1 Å². The highest BCUT2D eigenvalue weighted by Crippen LogP contribution is 2.23. The molecule has 1 aliphatic heterocycles. The average molecular weight is 315 g/mol. The van der Waals surface area contributed by atoms with Gasteiger partial charge in [0.2, 0.25) is 0 Å². The maximum atomic E-state index is 10.5. The number of non-ortho nitro benzene ring substituents is 1. The molecule has 0 aliphatic carbocycles. The molecule has 5 atom stereocenters. The van der Waals surface area contributed by atoms with E-state index in [2.05, 4.69) is 0 Å². The molecule has 0 unspecified atom stereocenters. The minimum Gasteiger partial charge on any atom is -0.394 e. The second-order valence-corrected chi connectivity index (χ2v) is 4.93. The molecule has 9 nitrogen and oxygen atoms in total. The van der Waals surface area contributed by atoms with Crippen LogP contribution in [-0.2, 0) is 16.1 Å². The fourth-order valence-corrected chi connectivity index (χ4v) is 2.10. The lowest BCUT2D eigenvalue weighted by molar-refractivity contribution is -0.384. The fourth-order valence-electron chi connectivity index (χ4n) is 2.10. The monoisotopic (exact) mass is 315 g/mol. The normalized spacial score (nSPS) is 31.9. The minimum absolute atomic E-state index is 0.0271. The zero-order valence-electron chi connectivity index (χ0n) is 11.5. The number of nitro benzene ring substituents is 1. The Morgan fingerprint density at radius 2 is 1.77 bits per heavy atom. The van der Waals surface area contributed by atoms with Gasteiger partial charge in [0.15, 0.2) is 6.29 Å². The quantitative estimate of drug-likeness (QED) is 0.396. The molecule has 0 aromatic heterocycles. The predicted octanol–water partition coefficient (Wildman–Crippen LogP) is -1.09. The second kappa shape index (κ2) is 7.09. The molecule has 22 heavy (non-hydrogen) atoms. The zero-order valence-corrected chi connectivity index (χ0v) is 11.5. The fraction of sp³-hybridized carbons (Fsp3) is 0.538. The van der Waals surface area contributed by atoms with Crippen molar-refractivity contribution in [2.75, 3.05) is 6.61 Å². The number of hydrogen-bond acceptors (Lipinski definition) is 8. The first-order valence-corrected chi connectivity index (χ1v) is 6.59. The first kappa shape index (κ1) is 16.7. The second-order valence-electron chi connectivity index (χ2n) is 4.93. The molecule has 9 heteroatoms. The Balaban J connectivity index is 1.96. The SMILES string of the molecule is O=[N+]([O-])c1ccc(CO[C@H]2O[C@H](CO)[C@@H](O)[C@H](O)[C@@H]2O)cc1. The van der Waals surface area contributed by atoms with Gasteiger partial charge in [-0.3, -0.25) is 10.1 Å². The molecule has 2 rings (SSSR count).